The average Bonchev–Trinajstić information content (AvgIpc) is 2.82. The number of aryl methyl sites for hydroxylation is 1. The Balaban J connectivity index is 1.99. The Kier molecular flexibility index (Phi) is 3.52. The molecule has 2 heterocycles. The van der Waals surface area contributed by atoms with Crippen molar-refractivity contribution >= 4 is 11.7 Å². The van der Waals surface area contributed by atoms with Crippen molar-refractivity contribution in [3.8, 4) is 0 Å². The minimum atomic E-state index is -0.283. The van der Waals surface area contributed by atoms with Crippen LogP contribution in [0.1, 0.15) is 22.2 Å². The fourth-order valence-electron chi connectivity index (χ4n) is 1.36. The Morgan fingerprint density at radius 3 is 2.89 bits per heavy atom. The summed E-state index contributed by atoms with van der Waals surface area (Å²) in [6.45, 7) is 1.90. The van der Waals surface area contributed by atoms with Gasteiger partial charge in [-0.25, -0.2) is 4.98 Å². The van der Waals surface area contributed by atoms with E-state index >= 15 is 0 Å². The third kappa shape index (κ3) is 2.82. The third-order valence-corrected chi connectivity index (χ3v) is 2.21. The number of rotatable bonds is 4. The molecule has 7 nitrogen and oxygen atoms in total. The van der Waals surface area contributed by atoms with Gasteiger partial charge < -0.3 is 15.2 Å². The fourth-order valence-corrected chi connectivity index (χ4v) is 1.36. The van der Waals surface area contributed by atoms with Crippen molar-refractivity contribution in [1.82, 2.24) is 20.4 Å². The minimum Gasteiger partial charge on any atom is -0.373 e. The summed E-state index contributed by atoms with van der Waals surface area (Å²) in [5.41, 5.74) is 0.335. The van der Waals surface area contributed by atoms with Crippen molar-refractivity contribution in [1.29, 1.82) is 0 Å². The molecule has 0 saturated heterocycles. The van der Waals surface area contributed by atoms with Gasteiger partial charge in [-0.3, -0.25) is 4.79 Å². The predicted octanol–water partition coefficient (Wildman–Crippen LogP) is 0.745. The lowest BCUT2D eigenvalue weighted by atomic mass is 10.3. The van der Waals surface area contributed by atoms with E-state index in [1.165, 1.54) is 0 Å². The number of hydrogen-bond donors (Lipinski definition) is 2. The standard InChI is InChI=1S/C11H13N5O2/c1-7-14-10(16-18-7)6-13-11(17)8-4-3-5-9(12-2)15-8/h3-5H,6H2,1-2H3,(H,12,15)(H,13,17). The molecule has 0 fully saturated rings. The first-order chi connectivity index (χ1) is 8.69. The molecule has 2 aromatic heterocycles. The van der Waals surface area contributed by atoms with Gasteiger partial charge in [-0.15, -0.1) is 0 Å². The largest absolute Gasteiger partial charge is 0.373 e. The summed E-state index contributed by atoms with van der Waals surface area (Å²) in [4.78, 5) is 19.9. The van der Waals surface area contributed by atoms with Gasteiger partial charge in [-0.2, -0.15) is 4.98 Å². The number of pyridine rings is 1. The summed E-state index contributed by atoms with van der Waals surface area (Å²) in [5.74, 6) is 1.26. The quantitative estimate of drug-likeness (QED) is 0.828. The van der Waals surface area contributed by atoms with E-state index in [4.69, 9.17) is 4.52 Å². The third-order valence-electron chi connectivity index (χ3n) is 2.21. The second-order valence-electron chi connectivity index (χ2n) is 3.57. The van der Waals surface area contributed by atoms with Crippen molar-refractivity contribution in [2.24, 2.45) is 0 Å². The number of carbonyl (C=O) groups is 1. The van der Waals surface area contributed by atoms with Crippen LogP contribution in [0.2, 0.25) is 0 Å². The maximum atomic E-state index is 11.8. The van der Waals surface area contributed by atoms with E-state index < -0.39 is 0 Å². The molecule has 7 heteroatoms. The number of amides is 1. The van der Waals surface area contributed by atoms with Crippen LogP contribution in [0.4, 0.5) is 5.82 Å². The molecule has 0 aliphatic heterocycles. The molecule has 94 valence electrons. The summed E-state index contributed by atoms with van der Waals surface area (Å²) in [7, 11) is 1.74. The van der Waals surface area contributed by atoms with Crippen molar-refractivity contribution in [2.75, 3.05) is 12.4 Å². The molecular weight excluding hydrogens is 234 g/mol. The highest BCUT2D eigenvalue weighted by atomic mass is 16.5. The van der Waals surface area contributed by atoms with Crippen LogP contribution in [0, 0.1) is 6.92 Å². The molecule has 1 amide bonds. The van der Waals surface area contributed by atoms with E-state index in [0.717, 1.165) is 0 Å². The van der Waals surface area contributed by atoms with Gasteiger partial charge in [-0.05, 0) is 12.1 Å². The summed E-state index contributed by atoms with van der Waals surface area (Å²) >= 11 is 0. The minimum absolute atomic E-state index is 0.210. The summed E-state index contributed by atoms with van der Waals surface area (Å²) in [6, 6.07) is 5.17. The molecule has 2 aromatic rings. The molecule has 0 saturated carbocycles. The molecule has 2 rings (SSSR count). The lowest BCUT2D eigenvalue weighted by molar-refractivity contribution is 0.0945. The number of nitrogens with zero attached hydrogens (tertiary/aromatic N) is 3. The zero-order valence-corrected chi connectivity index (χ0v) is 10.1. The lowest BCUT2D eigenvalue weighted by Crippen LogP contribution is -2.24. The van der Waals surface area contributed by atoms with Crippen molar-refractivity contribution in [2.45, 2.75) is 13.5 Å². The summed E-state index contributed by atoms with van der Waals surface area (Å²) in [6.07, 6.45) is 0. The van der Waals surface area contributed by atoms with Gasteiger partial charge >= 0.3 is 0 Å². The van der Waals surface area contributed by atoms with Crippen molar-refractivity contribution < 1.29 is 9.32 Å². The Bertz CT molecular complexity index is 552. The van der Waals surface area contributed by atoms with Gasteiger partial charge in [0.15, 0.2) is 5.82 Å². The fraction of sp³-hybridized carbons (Fsp3) is 0.273. The lowest BCUT2D eigenvalue weighted by Gasteiger charge is -2.03. The van der Waals surface area contributed by atoms with Crippen LogP contribution >= 0.6 is 0 Å². The monoisotopic (exact) mass is 247 g/mol. The Hall–Kier alpha value is -2.44. The van der Waals surface area contributed by atoms with Gasteiger partial charge in [-0.1, -0.05) is 11.2 Å². The van der Waals surface area contributed by atoms with E-state index in [-0.39, 0.29) is 12.5 Å². The van der Waals surface area contributed by atoms with Crippen molar-refractivity contribution in [3.63, 3.8) is 0 Å². The zero-order valence-electron chi connectivity index (χ0n) is 10.1. The maximum Gasteiger partial charge on any atom is 0.270 e. The van der Waals surface area contributed by atoms with E-state index in [1.807, 2.05) is 0 Å². The van der Waals surface area contributed by atoms with Gasteiger partial charge in [0, 0.05) is 14.0 Å². The Morgan fingerprint density at radius 1 is 1.39 bits per heavy atom. The van der Waals surface area contributed by atoms with Crippen LogP contribution in [0.15, 0.2) is 22.7 Å². The normalized spacial score (nSPS) is 10.1. The summed E-state index contributed by atoms with van der Waals surface area (Å²) in [5, 5.41) is 9.22. The van der Waals surface area contributed by atoms with Crippen LogP contribution in [0.3, 0.4) is 0 Å². The van der Waals surface area contributed by atoms with Crippen LogP contribution in [-0.2, 0) is 6.54 Å². The topological polar surface area (TPSA) is 92.9 Å². The smallest absolute Gasteiger partial charge is 0.270 e. The van der Waals surface area contributed by atoms with Crippen LogP contribution in [0.5, 0.6) is 0 Å². The molecule has 2 N–H and O–H groups in total. The Morgan fingerprint density at radius 2 is 2.22 bits per heavy atom. The molecule has 18 heavy (non-hydrogen) atoms. The zero-order chi connectivity index (χ0) is 13.0. The number of aromatic nitrogens is 3. The van der Waals surface area contributed by atoms with Gasteiger partial charge in [0.2, 0.25) is 5.89 Å². The number of anilines is 1. The average molecular weight is 247 g/mol. The number of nitrogens with one attached hydrogen (secondary N) is 2. The van der Waals surface area contributed by atoms with Gasteiger partial charge in [0.05, 0.1) is 6.54 Å². The SMILES string of the molecule is CNc1cccc(C(=O)NCc2noc(C)n2)n1. The Labute approximate surface area is 104 Å². The molecule has 0 unspecified atom stereocenters. The van der Waals surface area contributed by atoms with Gasteiger partial charge in [0.1, 0.15) is 11.5 Å². The highest BCUT2D eigenvalue weighted by molar-refractivity contribution is 5.92. The van der Waals surface area contributed by atoms with Crippen LogP contribution < -0.4 is 10.6 Å². The molecule has 0 aliphatic carbocycles. The molecular formula is C11H13N5O2. The van der Waals surface area contributed by atoms with Gasteiger partial charge in [0.25, 0.3) is 5.91 Å². The first kappa shape index (κ1) is 12.0. The number of hydrogen-bond acceptors (Lipinski definition) is 6. The molecule has 0 aromatic carbocycles. The maximum absolute atomic E-state index is 11.8. The first-order valence-corrected chi connectivity index (χ1v) is 5.41. The highest BCUT2D eigenvalue weighted by Gasteiger charge is 2.09. The first-order valence-electron chi connectivity index (χ1n) is 5.41. The van der Waals surface area contributed by atoms with Crippen LogP contribution in [-0.4, -0.2) is 28.1 Å². The molecule has 0 atom stereocenters. The molecule has 0 spiro atoms. The molecule has 0 radical (unpaired) electrons. The van der Waals surface area contributed by atoms with E-state index in [2.05, 4.69) is 25.8 Å². The second-order valence-corrected chi connectivity index (χ2v) is 3.57. The number of carbonyl (C=O) groups excluding carboxylic acids is 1. The molecule has 0 bridgehead atoms. The van der Waals surface area contributed by atoms with Crippen LogP contribution in [0.25, 0.3) is 0 Å². The predicted molar refractivity (Wildman–Crippen MR) is 64.0 cm³/mol. The summed E-state index contributed by atoms with van der Waals surface area (Å²) < 4.78 is 4.80. The van der Waals surface area contributed by atoms with E-state index in [0.29, 0.717) is 23.2 Å². The van der Waals surface area contributed by atoms with Crippen molar-refractivity contribution in [3.05, 3.63) is 35.6 Å². The van der Waals surface area contributed by atoms with E-state index in [9.17, 15) is 4.79 Å². The highest BCUT2D eigenvalue weighted by Crippen LogP contribution is 2.04. The second kappa shape index (κ2) is 5.26. The molecule has 0 aliphatic rings. The van der Waals surface area contributed by atoms with E-state index in [1.54, 1.807) is 32.2 Å².